The van der Waals surface area contributed by atoms with Crippen molar-refractivity contribution >= 4 is 39.9 Å². The lowest BCUT2D eigenvalue weighted by molar-refractivity contribution is 0.102. The number of pyridine rings is 1. The van der Waals surface area contributed by atoms with E-state index in [0.717, 1.165) is 48.3 Å². The van der Waals surface area contributed by atoms with Crippen molar-refractivity contribution in [2.24, 2.45) is 0 Å². The minimum absolute atomic E-state index is 0.223. The minimum Gasteiger partial charge on any atom is -0.368 e. The third kappa shape index (κ3) is 3.38. The molecule has 3 N–H and O–H groups in total. The van der Waals surface area contributed by atoms with Crippen molar-refractivity contribution in [1.82, 2.24) is 15.3 Å². The van der Waals surface area contributed by atoms with Gasteiger partial charge in [-0.1, -0.05) is 11.6 Å². The summed E-state index contributed by atoms with van der Waals surface area (Å²) in [6.45, 7) is 5.85. The van der Waals surface area contributed by atoms with E-state index in [1.807, 2.05) is 37.3 Å². The van der Waals surface area contributed by atoms with Crippen molar-refractivity contribution in [2.75, 3.05) is 36.4 Å². The maximum atomic E-state index is 12.5. The molecule has 1 saturated heterocycles. The highest BCUT2D eigenvalue weighted by molar-refractivity contribution is 6.31. The summed E-state index contributed by atoms with van der Waals surface area (Å²) >= 11 is 6.08. The monoisotopic (exact) mass is 369 g/mol. The Bertz CT molecular complexity index is 944. The van der Waals surface area contributed by atoms with Crippen LogP contribution in [0.4, 0.5) is 11.5 Å². The number of nitrogens with one attached hydrogen (secondary N) is 3. The molecule has 4 rings (SSSR count). The highest BCUT2D eigenvalue weighted by atomic mass is 35.5. The molecule has 1 aromatic carbocycles. The molecule has 6 nitrogen and oxygen atoms in total. The molecule has 3 heterocycles. The molecule has 1 amide bonds. The SMILES string of the molecule is Cc1cc(Cl)cc2[nH]c(C(=O)Nc3ccc(N4CCNCC4)cn3)cc12. The van der Waals surface area contributed by atoms with E-state index >= 15 is 0 Å². The largest absolute Gasteiger partial charge is 0.368 e. The third-order valence-corrected chi connectivity index (χ3v) is 4.84. The number of hydrogen-bond acceptors (Lipinski definition) is 4. The summed E-state index contributed by atoms with van der Waals surface area (Å²) in [5.74, 6) is 0.307. The number of aryl methyl sites for hydroxylation is 1. The fraction of sp³-hybridized carbons (Fsp3) is 0.263. The zero-order valence-electron chi connectivity index (χ0n) is 14.5. The Morgan fingerprint density at radius 2 is 2.04 bits per heavy atom. The minimum atomic E-state index is -0.223. The lowest BCUT2D eigenvalue weighted by Gasteiger charge is -2.29. The van der Waals surface area contributed by atoms with Crippen LogP contribution in [-0.2, 0) is 0 Å². The van der Waals surface area contributed by atoms with Gasteiger partial charge in [0.1, 0.15) is 11.5 Å². The highest BCUT2D eigenvalue weighted by Gasteiger charge is 2.14. The number of carbonyl (C=O) groups is 1. The van der Waals surface area contributed by atoms with Gasteiger partial charge in [-0.15, -0.1) is 0 Å². The molecule has 134 valence electrons. The fourth-order valence-corrected chi connectivity index (χ4v) is 3.52. The number of nitrogens with zero attached hydrogens (tertiary/aromatic N) is 2. The van der Waals surface area contributed by atoms with Gasteiger partial charge in [-0.25, -0.2) is 4.98 Å². The van der Waals surface area contributed by atoms with Crippen LogP contribution in [0.2, 0.25) is 5.02 Å². The molecule has 26 heavy (non-hydrogen) atoms. The number of aromatic nitrogens is 2. The second-order valence-electron chi connectivity index (χ2n) is 6.46. The predicted molar refractivity (Wildman–Crippen MR) is 105 cm³/mol. The third-order valence-electron chi connectivity index (χ3n) is 4.63. The molecule has 0 aliphatic carbocycles. The van der Waals surface area contributed by atoms with Crippen LogP contribution in [0, 0.1) is 6.92 Å². The number of H-pyrrole nitrogens is 1. The maximum Gasteiger partial charge on any atom is 0.273 e. The first kappa shape index (κ1) is 16.9. The van der Waals surface area contributed by atoms with E-state index in [0.29, 0.717) is 16.5 Å². The van der Waals surface area contributed by atoms with E-state index < -0.39 is 0 Å². The Morgan fingerprint density at radius 1 is 1.23 bits per heavy atom. The zero-order valence-corrected chi connectivity index (χ0v) is 15.2. The van der Waals surface area contributed by atoms with Crippen molar-refractivity contribution in [2.45, 2.75) is 6.92 Å². The average Bonchev–Trinajstić information content (AvgIpc) is 3.08. The summed E-state index contributed by atoms with van der Waals surface area (Å²) in [5, 5.41) is 7.80. The summed E-state index contributed by atoms with van der Waals surface area (Å²) in [7, 11) is 0. The van der Waals surface area contributed by atoms with Gasteiger partial charge in [0.2, 0.25) is 0 Å². The van der Waals surface area contributed by atoms with Crippen LogP contribution in [0.1, 0.15) is 16.1 Å². The number of benzene rings is 1. The van der Waals surface area contributed by atoms with Crippen LogP contribution in [0.3, 0.4) is 0 Å². The molecule has 0 unspecified atom stereocenters. The molecule has 1 aliphatic heterocycles. The molecule has 0 atom stereocenters. The second-order valence-corrected chi connectivity index (χ2v) is 6.90. The van der Waals surface area contributed by atoms with Crippen LogP contribution >= 0.6 is 11.6 Å². The highest BCUT2D eigenvalue weighted by Crippen LogP contribution is 2.24. The number of aromatic amines is 1. The summed E-state index contributed by atoms with van der Waals surface area (Å²) in [4.78, 5) is 22.3. The molecule has 3 aromatic rings. The molecule has 0 saturated carbocycles. The average molecular weight is 370 g/mol. The number of rotatable bonds is 3. The predicted octanol–water partition coefficient (Wildman–Crippen LogP) is 3.19. The number of carbonyl (C=O) groups excluding carboxylic acids is 1. The Labute approximate surface area is 156 Å². The molecular weight excluding hydrogens is 350 g/mol. The smallest absolute Gasteiger partial charge is 0.273 e. The first-order chi connectivity index (χ1) is 12.6. The normalized spacial score (nSPS) is 14.6. The molecule has 0 radical (unpaired) electrons. The van der Waals surface area contributed by atoms with E-state index in [1.54, 1.807) is 6.20 Å². The summed E-state index contributed by atoms with van der Waals surface area (Å²) < 4.78 is 0. The number of hydrogen-bond donors (Lipinski definition) is 3. The van der Waals surface area contributed by atoms with Gasteiger partial charge in [-0.2, -0.15) is 0 Å². The van der Waals surface area contributed by atoms with E-state index in [4.69, 9.17) is 11.6 Å². The van der Waals surface area contributed by atoms with Gasteiger partial charge < -0.3 is 20.5 Å². The van der Waals surface area contributed by atoms with Crippen molar-refractivity contribution in [1.29, 1.82) is 0 Å². The lowest BCUT2D eigenvalue weighted by atomic mass is 10.1. The Morgan fingerprint density at radius 3 is 2.77 bits per heavy atom. The van der Waals surface area contributed by atoms with Gasteiger partial charge in [-0.3, -0.25) is 4.79 Å². The van der Waals surface area contributed by atoms with Gasteiger partial charge in [-0.05, 0) is 42.8 Å². The number of amides is 1. The summed E-state index contributed by atoms with van der Waals surface area (Å²) in [6, 6.07) is 9.37. The molecule has 0 bridgehead atoms. The van der Waals surface area contributed by atoms with E-state index in [-0.39, 0.29) is 5.91 Å². The maximum absolute atomic E-state index is 12.5. The van der Waals surface area contributed by atoms with Gasteiger partial charge >= 0.3 is 0 Å². The fourth-order valence-electron chi connectivity index (χ4n) is 3.25. The van der Waals surface area contributed by atoms with Crippen molar-refractivity contribution in [3.8, 4) is 0 Å². The molecule has 7 heteroatoms. The lowest BCUT2D eigenvalue weighted by Crippen LogP contribution is -2.43. The van der Waals surface area contributed by atoms with E-state index in [2.05, 4.69) is 25.5 Å². The number of piperazine rings is 1. The Kier molecular flexibility index (Phi) is 4.53. The van der Waals surface area contributed by atoms with Crippen molar-refractivity contribution in [3.05, 3.63) is 52.8 Å². The molecule has 2 aromatic heterocycles. The summed E-state index contributed by atoms with van der Waals surface area (Å²) in [5.41, 5.74) is 3.43. The van der Waals surface area contributed by atoms with Crippen LogP contribution in [0.5, 0.6) is 0 Å². The molecular formula is C19H20ClN5O. The number of anilines is 2. The summed E-state index contributed by atoms with van der Waals surface area (Å²) in [6.07, 6.45) is 1.80. The van der Waals surface area contributed by atoms with Gasteiger partial charge in [0.15, 0.2) is 0 Å². The number of halogens is 1. The molecule has 0 spiro atoms. The van der Waals surface area contributed by atoms with Crippen molar-refractivity contribution in [3.63, 3.8) is 0 Å². The quantitative estimate of drug-likeness (QED) is 0.663. The zero-order chi connectivity index (χ0) is 18.1. The van der Waals surface area contributed by atoms with Crippen LogP contribution in [0.15, 0.2) is 36.5 Å². The van der Waals surface area contributed by atoms with Gasteiger partial charge in [0, 0.05) is 42.1 Å². The number of fused-ring (bicyclic) bond motifs is 1. The topological polar surface area (TPSA) is 73.1 Å². The first-order valence-corrected chi connectivity index (χ1v) is 9.00. The van der Waals surface area contributed by atoms with Crippen LogP contribution in [0.25, 0.3) is 10.9 Å². The molecule has 1 aliphatic rings. The first-order valence-electron chi connectivity index (χ1n) is 8.62. The van der Waals surface area contributed by atoms with E-state index in [9.17, 15) is 4.79 Å². The van der Waals surface area contributed by atoms with Gasteiger partial charge in [0.25, 0.3) is 5.91 Å². The van der Waals surface area contributed by atoms with Gasteiger partial charge in [0.05, 0.1) is 11.9 Å². The molecule has 1 fully saturated rings. The Hall–Kier alpha value is -2.57. The van der Waals surface area contributed by atoms with Crippen LogP contribution < -0.4 is 15.5 Å². The van der Waals surface area contributed by atoms with Crippen molar-refractivity contribution < 1.29 is 4.79 Å². The van der Waals surface area contributed by atoms with E-state index in [1.165, 1.54) is 0 Å². The Balaban J connectivity index is 1.50. The second kappa shape index (κ2) is 6.97. The van der Waals surface area contributed by atoms with Crippen LogP contribution in [-0.4, -0.2) is 42.1 Å². The standard InChI is InChI=1S/C19H20ClN5O/c1-12-8-13(20)9-16-15(12)10-17(23-16)19(26)24-18-3-2-14(11-22-18)25-6-4-21-5-7-25/h2-3,8-11,21,23H,4-7H2,1H3,(H,22,24,26).